The highest BCUT2D eigenvalue weighted by Crippen LogP contribution is 2.31. The lowest BCUT2D eigenvalue weighted by atomic mass is 10.1. The first-order valence-electron chi connectivity index (χ1n) is 9.19. The number of sulfone groups is 1. The molecule has 0 aliphatic rings. The van der Waals surface area contributed by atoms with E-state index in [4.69, 9.17) is 0 Å². The van der Waals surface area contributed by atoms with Crippen molar-refractivity contribution in [2.45, 2.75) is 18.0 Å². The van der Waals surface area contributed by atoms with Gasteiger partial charge in [0.1, 0.15) is 11.2 Å². The Morgan fingerprint density at radius 1 is 1.00 bits per heavy atom. The fraction of sp³-hybridized carbons (Fsp3) is 0.150. The van der Waals surface area contributed by atoms with Crippen LogP contribution < -0.4 is 5.56 Å². The van der Waals surface area contributed by atoms with Gasteiger partial charge in [-0.2, -0.15) is 23.0 Å². The van der Waals surface area contributed by atoms with E-state index in [-0.39, 0.29) is 27.2 Å². The molecule has 0 aliphatic carbocycles. The van der Waals surface area contributed by atoms with Crippen LogP contribution in [-0.4, -0.2) is 38.9 Å². The van der Waals surface area contributed by atoms with Gasteiger partial charge in [0.25, 0.3) is 5.56 Å². The fourth-order valence-corrected chi connectivity index (χ4v) is 4.09. The van der Waals surface area contributed by atoms with Crippen molar-refractivity contribution in [3.63, 3.8) is 0 Å². The molecule has 3 heterocycles. The van der Waals surface area contributed by atoms with Gasteiger partial charge in [-0.3, -0.25) is 4.79 Å². The fourth-order valence-electron chi connectivity index (χ4n) is 3.05. The maximum absolute atomic E-state index is 13.1. The maximum Gasteiger partial charge on any atom is 0.416 e. The molecular weight excluding hydrogens is 447 g/mol. The lowest BCUT2D eigenvalue weighted by Gasteiger charge is -2.13. The first-order valence-corrected chi connectivity index (χ1v) is 10.8. The number of benzene rings is 1. The van der Waals surface area contributed by atoms with Crippen molar-refractivity contribution in [1.82, 2.24) is 24.7 Å². The second-order valence-corrected chi connectivity index (χ2v) is 8.98. The molecule has 4 aromatic rings. The van der Waals surface area contributed by atoms with Gasteiger partial charge in [-0.15, -0.1) is 0 Å². The average molecular weight is 461 g/mol. The zero-order valence-corrected chi connectivity index (χ0v) is 17.2. The van der Waals surface area contributed by atoms with E-state index >= 15 is 0 Å². The van der Waals surface area contributed by atoms with Crippen molar-refractivity contribution in [2.75, 3.05) is 5.75 Å². The molecule has 0 saturated carbocycles. The molecule has 0 saturated heterocycles. The van der Waals surface area contributed by atoms with Crippen LogP contribution in [-0.2, 0) is 16.0 Å². The molecule has 0 radical (unpaired) electrons. The number of fused-ring (bicyclic) bond motifs is 1. The number of aromatic nitrogens is 5. The maximum atomic E-state index is 13.1. The second kappa shape index (κ2) is 7.79. The predicted molar refractivity (Wildman–Crippen MR) is 109 cm³/mol. The quantitative estimate of drug-likeness (QED) is 0.460. The molecule has 32 heavy (non-hydrogen) atoms. The smallest absolute Gasteiger partial charge is 0.267 e. The molecule has 0 bridgehead atoms. The van der Waals surface area contributed by atoms with Crippen LogP contribution in [0.5, 0.6) is 0 Å². The highest BCUT2D eigenvalue weighted by atomic mass is 32.2. The summed E-state index contributed by atoms with van der Waals surface area (Å²) in [4.78, 5) is 24.6. The molecule has 8 nitrogen and oxygen atoms in total. The summed E-state index contributed by atoms with van der Waals surface area (Å²) in [6.07, 6.45) is 2.08. The topological polar surface area (TPSA) is 108 Å². The van der Waals surface area contributed by atoms with Gasteiger partial charge in [0.05, 0.1) is 22.9 Å². The Morgan fingerprint density at radius 2 is 1.72 bits per heavy atom. The number of halogens is 3. The first-order chi connectivity index (χ1) is 15.1. The van der Waals surface area contributed by atoms with Crippen LogP contribution in [0.3, 0.4) is 0 Å². The summed E-state index contributed by atoms with van der Waals surface area (Å²) in [6.45, 7) is 1.42. The largest absolute Gasteiger partial charge is 0.416 e. The Labute approximate surface area is 179 Å². The summed E-state index contributed by atoms with van der Waals surface area (Å²) in [5.74, 6) is -0.603. The van der Waals surface area contributed by atoms with Crippen LogP contribution in [0, 0.1) is 0 Å². The SMILES string of the molecule is CCS(=O)(=O)c1cc(-c2cncnc2)cnc1-n1ncc2ccc(C(F)(F)F)cc2c1=O. The third kappa shape index (κ3) is 3.84. The van der Waals surface area contributed by atoms with E-state index in [9.17, 15) is 26.4 Å². The van der Waals surface area contributed by atoms with E-state index < -0.39 is 27.1 Å². The summed E-state index contributed by atoms with van der Waals surface area (Å²) in [7, 11) is -3.89. The zero-order valence-electron chi connectivity index (χ0n) is 16.4. The Kier molecular flexibility index (Phi) is 5.25. The average Bonchev–Trinajstić information content (AvgIpc) is 2.79. The van der Waals surface area contributed by atoms with Crippen LogP contribution in [0.4, 0.5) is 13.2 Å². The number of pyridine rings is 1. The molecular formula is C20H14F3N5O3S. The first kappa shape index (κ1) is 21.6. The van der Waals surface area contributed by atoms with Gasteiger partial charge >= 0.3 is 6.18 Å². The van der Waals surface area contributed by atoms with Crippen LogP contribution in [0.25, 0.3) is 27.7 Å². The molecule has 3 aromatic heterocycles. The highest BCUT2D eigenvalue weighted by Gasteiger charge is 2.31. The molecule has 0 amide bonds. The molecule has 0 atom stereocenters. The summed E-state index contributed by atoms with van der Waals surface area (Å²) < 4.78 is 65.6. The van der Waals surface area contributed by atoms with E-state index in [1.165, 1.54) is 44.1 Å². The molecule has 4 rings (SSSR count). The monoisotopic (exact) mass is 461 g/mol. The highest BCUT2D eigenvalue weighted by molar-refractivity contribution is 7.91. The number of nitrogens with zero attached hydrogens (tertiary/aromatic N) is 5. The molecule has 0 fully saturated rings. The minimum Gasteiger partial charge on any atom is -0.267 e. The number of hydrogen-bond acceptors (Lipinski definition) is 7. The van der Waals surface area contributed by atoms with Crippen LogP contribution >= 0.6 is 0 Å². The van der Waals surface area contributed by atoms with Crippen LogP contribution in [0.1, 0.15) is 12.5 Å². The van der Waals surface area contributed by atoms with Gasteiger partial charge in [0.15, 0.2) is 15.7 Å². The van der Waals surface area contributed by atoms with E-state index in [0.29, 0.717) is 21.9 Å². The van der Waals surface area contributed by atoms with Gasteiger partial charge in [-0.1, -0.05) is 13.0 Å². The van der Waals surface area contributed by atoms with Gasteiger partial charge < -0.3 is 0 Å². The van der Waals surface area contributed by atoms with Gasteiger partial charge in [0.2, 0.25) is 0 Å². The number of alkyl halides is 3. The van der Waals surface area contributed by atoms with E-state index in [2.05, 4.69) is 20.1 Å². The summed E-state index contributed by atoms with van der Waals surface area (Å²) in [5, 5.41) is 3.86. The molecule has 12 heteroatoms. The molecule has 0 N–H and O–H groups in total. The Balaban J connectivity index is 1.98. The van der Waals surface area contributed by atoms with Gasteiger partial charge in [-0.25, -0.2) is 23.4 Å². The minimum atomic E-state index is -4.65. The summed E-state index contributed by atoms with van der Waals surface area (Å²) >= 11 is 0. The standard InChI is InChI=1S/C20H14F3N5O3S/c1-2-32(30,31)17-5-13(14-7-24-11-25-8-14)9-26-18(17)28-19(29)16-6-15(20(21,22)23)4-3-12(16)10-27-28/h3-11H,2H2,1H3. The lowest BCUT2D eigenvalue weighted by Crippen LogP contribution is -2.25. The van der Waals surface area contributed by atoms with E-state index in [1.54, 1.807) is 0 Å². The summed E-state index contributed by atoms with van der Waals surface area (Å²) in [6, 6.07) is 3.99. The molecule has 0 spiro atoms. The Morgan fingerprint density at radius 3 is 2.38 bits per heavy atom. The summed E-state index contributed by atoms with van der Waals surface area (Å²) in [5.41, 5.74) is -1.06. The van der Waals surface area contributed by atoms with Crippen molar-refractivity contribution in [3.05, 3.63) is 71.3 Å². The Hall–Kier alpha value is -3.67. The third-order valence-corrected chi connectivity index (χ3v) is 6.49. The van der Waals surface area contributed by atoms with Gasteiger partial charge in [-0.05, 0) is 18.2 Å². The molecule has 0 unspecified atom stereocenters. The van der Waals surface area contributed by atoms with Crippen molar-refractivity contribution in [2.24, 2.45) is 0 Å². The van der Waals surface area contributed by atoms with Crippen molar-refractivity contribution in [1.29, 1.82) is 0 Å². The Bertz CT molecular complexity index is 1490. The normalized spacial score (nSPS) is 12.2. The molecule has 0 aliphatic heterocycles. The van der Waals surface area contributed by atoms with E-state index in [1.807, 2.05) is 0 Å². The minimum absolute atomic E-state index is 0.178. The van der Waals surface area contributed by atoms with E-state index in [0.717, 1.165) is 12.1 Å². The molecule has 164 valence electrons. The number of hydrogen-bond donors (Lipinski definition) is 0. The lowest BCUT2D eigenvalue weighted by molar-refractivity contribution is -0.137. The second-order valence-electron chi connectivity index (χ2n) is 6.74. The van der Waals surface area contributed by atoms with Crippen LogP contribution in [0.15, 0.2) is 65.1 Å². The number of rotatable bonds is 4. The predicted octanol–water partition coefficient (Wildman–Crippen LogP) is 3.05. The zero-order chi connectivity index (χ0) is 23.1. The molecule has 1 aromatic carbocycles. The van der Waals surface area contributed by atoms with Crippen molar-refractivity contribution < 1.29 is 21.6 Å². The third-order valence-electron chi connectivity index (χ3n) is 4.76. The van der Waals surface area contributed by atoms with Gasteiger partial charge in [0, 0.05) is 35.1 Å². The van der Waals surface area contributed by atoms with Crippen LogP contribution in [0.2, 0.25) is 0 Å². The van der Waals surface area contributed by atoms with Crippen molar-refractivity contribution >= 4 is 20.6 Å². The van der Waals surface area contributed by atoms with Crippen molar-refractivity contribution in [3.8, 4) is 16.9 Å².